The minimum Gasteiger partial charge on any atom is -0.491 e. The minimum absolute atomic E-state index is 0.0969. The van der Waals surface area contributed by atoms with Crippen molar-refractivity contribution in [2.75, 3.05) is 6.61 Å². The number of carbonyl (C=O) groups excluding carboxylic acids is 1. The minimum atomic E-state index is -0.203. The van der Waals surface area contributed by atoms with Gasteiger partial charge >= 0.3 is 0 Å². The molecular formula is C20H23N5O2. The molecule has 27 heavy (non-hydrogen) atoms. The number of imidazole rings is 1. The second kappa shape index (κ2) is 6.11. The van der Waals surface area contributed by atoms with E-state index in [1.807, 2.05) is 19.4 Å². The van der Waals surface area contributed by atoms with E-state index in [1.54, 1.807) is 4.68 Å². The molecule has 3 heterocycles. The molecule has 0 bridgehead atoms. The summed E-state index contributed by atoms with van der Waals surface area (Å²) in [5.74, 6) is 1.89. The fourth-order valence-corrected chi connectivity index (χ4v) is 4.15. The summed E-state index contributed by atoms with van der Waals surface area (Å²) in [7, 11) is 1.91. The number of nitrogens with two attached hydrogens (primary N) is 1. The van der Waals surface area contributed by atoms with Gasteiger partial charge in [0.1, 0.15) is 17.1 Å². The van der Waals surface area contributed by atoms with Crippen LogP contribution >= 0.6 is 0 Å². The number of hydrogen-bond donors (Lipinski definition) is 1. The summed E-state index contributed by atoms with van der Waals surface area (Å²) >= 11 is 0. The normalized spacial score (nSPS) is 17.5. The smallest absolute Gasteiger partial charge is 0.221 e. The van der Waals surface area contributed by atoms with Crippen molar-refractivity contribution in [3.8, 4) is 17.1 Å². The molecule has 1 aromatic carbocycles. The number of carbonyl (C=O) groups is 1. The molecule has 2 aromatic heterocycles. The molecule has 140 valence electrons. The Labute approximate surface area is 157 Å². The molecule has 1 aliphatic carbocycles. The summed E-state index contributed by atoms with van der Waals surface area (Å²) in [5, 5.41) is 4.29. The Morgan fingerprint density at radius 3 is 2.96 bits per heavy atom. The van der Waals surface area contributed by atoms with E-state index in [4.69, 9.17) is 15.5 Å². The highest BCUT2D eigenvalue weighted by Gasteiger charge is 2.35. The van der Waals surface area contributed by atoms with Gasteiger partial charge in [-0.05, 0) is 49.3 Å². The molecule has 5 rings (SSSR count). The van der Waals surface area contributed by atoms with E-state index in [0.717, 1.165) is 59.5 Å². The van der Waals surface area contributed by atoms with Crippen molar-refractivity contribution in [3.05, 3.63) is 30.1 Å². The molecule has 0 radical (unpaired) electrons. The van der Waals surface area contributed by atoms with Crippen molar-refractivity contribution >= 4 is 16.9 Å². The zero-order valence-electron chi connectivity index (χ0n) is 15.4. The van der Waals surface area contributed by atoms with Gasteiger partial charge in [0.15, 0.2) is 0 Å². The summed E-state index contributed by atoms with van der Waals surface area (Å²) in [5.41, 5.74) is 9.65. The second-order valence-corrected chi connectivity index (χ2v) is 7.70. The zero-order valence-corrected chi connectivity index (χ0v) is 15.4. The van der Waals surface area contributed by atoms with Crippen LogP contribution in [0.3, 0.4) is 0 Å². The maximum atomic E-state index is 11.9. The molecule has 0 unspecified atom stereocenters. The Hall–Kier alpha value is -2.83. The van der Waals surface area contributed by atoms with Gasteiger partial charge in [0.25, 0.3) is 0 Å². The van der Waals surface area contributed by atoms with Gasteiger partial charge in [0, 0.05) is 25.7 Å². The summed E-state index contributed by atoms with van der Waals surface area (Å²) in [6.07, 6.45) is 7.59. The number of rotatable bonds is 5. The van der Waals surface area contributed by atoms with Crippen LogP contribution in [0.4, 0.5) is 0 Å². The number of nitrogens with zero attached hydrogens (tertiary/aromatic N) is 4. The first-order valence-corrected chi connectivity index (χ1v) is 9.54. The predicted molar refractivity (Wildman–Crippen MR) is 101 cm³/mol. The van der Waals surface area contributed by atoms with Crippen LogP contribution in [0, 0.1) is 11.8 Å². The van der Waals surface area contributed by atoms with Crippen molar-refractivity contribution in [1.29, 1.82) is 0 Å². The van der Waals surface area contributed by atoms with E-state index in [2.05, 4.69) is 21.8 Å². The third-order valence-electron chi connectivity index (χ3n) is 5.63. The average Bonchev–Trinajstić information content (AvgIpc) is 3.33. The van der Waals surface area contributed by atoms with Crippen LogP contribution in [-0.4, -0.2) is 31.8 Å². The Morgan fingerprint density at radius 1 is 1.41 bits per heavy atom. The zero-order chi connectivity index (χ0) is 18.5. The lowest BCUT2D eigenvalue weighted by Crippen LogP contribution is -2.26. The van der Waals surface area contributed by atoms with Crippen molar-refractivity contribution < 1.29 is 9.53 Å². The highest BCUT2D eigenvalue weighted by molar-refractivity contribution is 5.87. The van der Waals surface area contributed by atoms with E-state index in [1.165, 1.54) is 0 Å². The molecule has 1 amide bonds. The highest BCUT2D eigenvalue weighted by Crippen LogP contribution is 2.40. The molecule has 0 spiro atoms. The van der Waals surface area contributed by atoms with Crippen molar-refractivity contribution in [2.24, 2.45) is 24.6 Å². The molecular weight excluding hydrogens is 342 g/mol. The van der Waals surface area contributed by atoms with Crippen LogP contribution in [0.1, 0.15) is 24.8 Å². The molecule has 0 saturated heterocycles. The van der Waals surface area contributed by atoms with Gasteiger partial charge in [-0.1, -0.05) is 0 Å². The third kappa shape index (κ3) is 2.87. The van der Waals surface area contributed by atoms with Gasteiger partial charge in [-0.2, -0.15) is 5.10 Å². The molecule has 1 fully saturated rings. The molecule has 7 nitrogen and oxygen atoms in total. The molecule has 1 saturated carbocycles. The van der Waals surface area contributed by atoms with E-state index < -0.39 is 0 Å². The molecule has 1 atom stereocenters. The highest BCUT2D eigenvalue weighted by atomic mass is 16.5. The SMILES string of the molecule is Cn1cc(-c2nc3cc(C[C@H](C(N)=O)C4CC4)cc4c3n2CCCO4)cn1. The van der Waals surface area contributed by atoms with Crippen molar-refractivity contribution in [2.45, 2.75) is 32.2 Å². The molecule has 2 N–H and O–H groups in total. The Balaban J connectivity index is 1.61. The van der Waals surface area contributed by atoms with E-state index in [0.29, 0.717) is 18.9 Å². The first kappa shape index (κ1) is 16.4. The molecule has 1 aliphatic heterocycles. The lowest BCUT2D eigenvalue weighted by molar-refractivity contribution is -0.122. The summed E-state index contributed by atoms with van der Waals surface area (Å²) in [4.78, 5) is 16.8. The number of aromatic nitrogens is 4. The fraction of sp³-hybridized carbons (Fsp3) is 0.450. The quantitative estimate of drug-likeness (QED) is 0.751. The van der Waals surface area contributed by atoms with Crippen LogP contribution in [0.2, 0.25) is 0 Å². The molecule has 2 aliphatic rings. The third-order valence-corrected chi connectivity index (χ3v) is 5.63. The van der Waals surface area contributed by atoms with Gasteiger partial charge in [-0.15, -0.1) is 0 Å². The van der Waals surface area contributed by atoms with E-state index in [-0.39, 0.29) is 11.8 Å². The molecule has 3 aromatic rings. The van der Waals surface area contributed by atoms with Crippen LogP contribution in [0.5, 0.6) is 5.75 Å². The van der Waals surface area contributed by atoms with E-state index in [9.17, 15) is 4.79 Å². The molecule has 7 heteroatoms. The maximum Gasteiger partial charge on any atom is 0.221 e. The Morgan fingerprint density at radius 2 is 2.26 bits per heavy atom. The standard InChI is InChI=1S/C20H23N5O2/c1-24-11-14(10-22-24)20-23-16-8-12(7-15(19(21)26)13-3-4-13)9-17-18(16)25(20)5-2-6-27-17/h8-11,13,15H,2-7H2,1H3,(H2,21,26)/t15-/m0/s1. The van der Waals surface area contributed by atoms with E-state index >= 15 is 0 Å². The second-order valence-electron chi connectivity index (χ2n) is 7.70. The van der Waals surface area contributed by atoms with Gasteiger partial charge < -0.3 is 15.0 Å². The van der Waals surface area contributed by atoms with Gasteiger partial charge in [-0.3, -0.25) is 9.48 Å². The number of benzene rings is 1. The van der Waals surface area contributed by atoms with Crippen molar-refractivity contribution in [3.63, 3.8) is 0 Å². The summed E-state index contributed by atoms with van der Waals surface area (Å²) in [6, 6.07) is 4.15. The van der Waals surface area contributed by atoms with Gasteiger partial charge in [0.05, 0.1) is 23.9 Å². The van der Waals surface area contributed by atoms with Crippen LogP contribution in [0.25, 0.3) is 22.4 Å². The fourth-order valence-electron chi connectivity index (χ4n) is 4.15. The number of ether oxygens (including phenoxy) is 1. The first-order valence-electron chi connectivity index (χ1n) is 9.54. The number of hydrogen-bond acceptors (Lipinski definition) is 4. The average molecular weight is 365 g/mol. The lowest BCUT2D eigenvalue weighted by atomic mass is 9.94. The van der Waals surface area contributed by atoms with Crippen LogP contribution < -0.4 is 10.5 Å². The Kier molecular flexibility index (Phi) is 3.70. The maximum absolute atomic E-state index is 11.9. The van der Waals surface area contributed by atoms with Gasteiger partial charge in [-0.25, -0.2) is 4.98 Å². The van der Waals surface area contributed by atoms with Gasteiger partial charge in [0.2, 0.25) is 5.91 Å². The number of primary amides is 1. The van der Waals surface area contributed by atoms with Crippen LogP contribution in [-0.2, 0) is 24.8 Å². The first-order chi connectivity index (χ1) is 13.1. The topological polar surface area (TPSA) is 88.0 Å². The van der Waals surface area contributed by atoms with Crippen molar-refractivity contribution in [1.82, 2.24) is 19.3 Å². The summed E-state index contributed by atoms with van der Waals surface area (Å²) in [6.45, 7) is 1.54. The largest absolute Gasteiger partial charge is 0.491 e. The lowest BCUT2D eigenvalue weighted by Gasteiger charge is -2.13. The number of aryl methyl sites for hydroxylation is 2. The predicted octanol–water partition coefficient (Wildman–Crippen LogP) is 2.27. The Bertz CT molecular complexity index is 1030. The summed E-state index contributed by atoms with van der Waals surface area (Å²) < 4.78 is 10.0. The van der Waals surface area contributed by atoms with Crippen LogP contribution in [0.15, 0.2) is 24.5 Å². The monoisotopic (exact) mass is 365 g/mol. The number of amides is 1.